The molecule has 0 aliphatic rings. The van der Waals surface area contributed by atoms with Crippen molar-refractivity contribution < 1.29 is 103 Å². The van der Waals surface area contributed by atoms with Crippen molar-refractivity contribution in [3.05, 3.63) is 294 Å². The predicted octanol–water partition coefficient (Wildman–Crippen LogP) is 15.3. The van der Waals surface area contributed by atoms with Gasteiger partial charge in [-0.05, 0) is 144 Å². The topological polar surface area (TPSA) is 246 Å². The summed E-state index contributed by atoms with van der Waals surface area (Å²) in [5.41, 5.74) is 8.13. The van der Waals surface area contributed by atoms with Gasteiger partial charge in [-0.15, -0.1) is 0 Å². The first kappa shape index (κ1) is 84.3. The molecule has 0 saturated heterocycles. The molecule has 0 aromatic carbocycles. The molecule has 16 aromatic heterocycles. The average molecular weight is 1610 g/mol. The molecule has 0 bridgehead atoms. The van der Waals surface area contributed by atoms with Gasteiger partial charge in [0.05, 0.1) is 0 Å². The minimum Gasteiger partial charge on any atom is -0.418 e. The van der Waals surface area contributed by atoms with Crippen LogP contribution in [0.5, 0.6) is 0 Å². The van der Waals surface area contributed by atoms with Crippen LogP contribution in [0.15, 0.2) is 294 Å². The second-order valence-corrected chi connectivity index (χ2v) is 20.8. The van der Waals surface area contributed by atoms with E-state index in [4.69, 9.17) is 0 Å². The molecule has 110 heavy (non-hydrogen) atoms. The summed E-state index contributed by atoms with van der Waals surface area (Å²) in [4.78, 5) is 35.2. The first-order valence-electron chi connectivity index (χ1n) is 30.8. The van der Waals surface area contributed by atoms with Crippen molar-refractivity contribution in [3.63, 3.8) is 0 Å². The molecule has 0 radical (unpaired) electrons. The fourth-order valence-corrected chi connectivity index (χ4v) is 8.98. The van der Waals surface area contributed by atoms with Crippen molar-refractivity contribution in [1.82, 2.24) is 118 Å². The molecule has 0 aliphatic heterocycles. The van der Waals surface area contributed by atoms with Crippen molar-refractivity contribution in [3.8, 4) is 91.1 Å². The molecule has 0 unspecified atom stereocenters. The molecule has 564 valence electrons. The molecule has 0 saturated carbocycles. The van der Waals surface area contributed by atoms with Gasteiger partial charge in [0.25, 0.3) is 0 Å². The van der Waals surface area contributed by atoms with Gasteiger partial charge in [0.2, 0.25) is 0 Å². The Kier molecular flexibility index (Phi) is 30.8. The molecule has 16 aromatic rings. The van der Waals surface area contributed by atoms with E-state index in [2.05, 4.69) is 80.7 Å². The van der Waals surface area contributed by atoms with Crippen LogP contribution in [0.2, 0.25) is 0 Å². The van der Waals surface area contributed by atoms with E-state index in [-0.39, 0.29) is 34.1 Å². The van der Waals surface area contributed by atoms with Gasteiger partial charge in [-0.1, -0.05) is 24.3 Å². The number of hydrogen-bond donors (Lipinski definition) is 0. The fourth-order valence-electron chi connectivity index (χ4n) is 8.98. The number of aromatic nitrogens is 24. The molecule has 46 heteroatoms. The fraction of sp³-hybridized carbons (Fsp3) is 0. The van der Waals surface area contributed by atoms with Crippen LogP contribution in [-0.4, -0.2) is 147 Å². The van der Waals surface area contributed by atoms with E-state index < -0.39 is 29.0 Å². The molecule has 0 spiro atoms. The van der Waals surface area contributed by atoms with Gasteiger partial charge in [-0.2, -0.15) is 40.8 Å². The van der Waals surface area contributed by atoms with Gasteiger partial charge < -0.3 is 69.1 Å². The number of rotatable bonds is 12. The van der Waals surface area contributed by atoms with Crippen LogP contribution in [0.25, 0.3) is 91.1 Å². The summed E-state index contributed by atoms with van der Waals surface area (Å²) >= 11 is 0. The number of halogens is 16. The Morgan fingerprint density at radius 2 is 0.327 bits per heavy atom. The molecule has 0 atom stereocenters. The van der Waals surface area contributed by atoms with Crippen molar-refractivity contribution in [2.75, 3.05) is 0 Å². The number of pyridine rings is 8. The second-order valence-electron chi connectivity index (χ2n) is 20.8. The molecule has 24 nitrogen and oxygen atoms in total. The Hall–Kier alpha value is -12.9. The van der Waals surface area contributed by atoms with Crippen molar-refractivity contribution in [1.29, 1.82) is 0 Å². The van der Waals surface area contributed by atoms with Crippen molar-refractivity contribution in [2.24, 2.45) is 0 Å². The smallest absolute Gasteiger partial charge is 0.418 e. The Morgan fingerprint density at radius 3 is 0.427 bits per heavy atom. The van der Waals surface area contributed by atoms with Crippen LogP contribution in [0.4, 0.5) is 69.1 Å². The molecule has 16 heterocycles. The van der Waals surface area contributed by atoms with E-state index in [9.17, 15) is 69.1 Å². The van der Waals surface area contributed by atoms with E-state index in [1.54, 1.807) is 112 Å². The Bertz CT molecular complexity index is 4320. The van der Waals surface area contributed by atoms with Crippen LogP contribution in [0, 0.1) is 0 Å². The second kappa shape index (κ2) is 40.1. The number of nitrogens with zero attached hydrogens (tertiary/aromatic N) is 24. The Morgan fingerprint density at radius 1 is 0.191 bits per heavy atom. The molecular weight excluding hydrogens is 1560 g/mol. The predicted molar refractivity (Wildman–Crippen MR) is 368 cm³/mol. The van der Waals surface area contributed by atoms with Gasteiger partial charge in [0.15, 0.2) is 46.5 Å². The zero-order valence-corrected chi connectivity index (χ0v) is 57.7. The summed E-state index contributed by atoms with van der Waals surface area (Å²) in [6.45, 7) is 0. The first-order chi connectivity index (χ1) is 51.6. The maximum Gasteiger partial charge on any atom is 2.00 e. The van der Waals surface area contributed by atoms with Crippen LogP contribution in [-0.2, 0) is 34.1 Å². The molecule has 0 aliphatic carbocycles. The van der Waals surface area contributed by atoms with E-state index in [1.807, 2.05) is 220 Å². The summed E-state index contributed by atoms with van der Waals surface area (Å²) in [7, 11) is -24.0. The van der Waals surface area contributed by atoms with E-state index >= 15 is 0 Å². The molecule has 0 amide bonds. The normalized spacial score (nSPS) is 10.8. The maximum atomic E-state index is 9.75. The average Bonchev–Trinajstić information content (AvgIpc) is 1.33. The SMILES string of the molecule is F[B-](F)(F)F.F[B-](F)(F)F.F[B-](F)(F)F.F[B-](F)(F)F.[Fe+2].[Fe+2].c1cncc(-c2cc(-n3cccn3)nc(-n3cccn3)c2)c1.c1cncc(-c2cc(-n3cccn3)nc(-n3cccn3)c2)c1.c1cncc(-c2cc(-n3cccn3)nc(-n3cccn3)c2)c1.c1cncc(-c2cc(-n3cccn3)nc(-n3cccn3)c2)c1. The van der Waals surface area contributed by atoms with Crippen LogP contribution < -0.4 is 0 Å². The Labute approximate surface area is 632 Å². The van der Waals surface area contributed by atoms with Gasteiger partial charge in [-0.3, -0.25) is 19.9 Å². The quantitative estimate of drug-likeness (QED) is 0.0815. The number of hydrogen-bond acceptors (Lipinski definition) is 16. The third kappa shape index (κ3) is 28.7. The van der Waals surface area contributed by atoms with E-state index in [0.717, 1.165) is 91.1 Å². The molecule has 16 rings (SSSR count). The van der Waals surface area contributed by atoms with Gasteiger partial charge in [0, 0.05) is 171 Å². The zero-order valence-electron chi connectivity index (χ0n) is 55.5. The summed E-state index contributed by atoms with van der Waals surface area (Å²) in [5, 5.41) is 34.0. The maximum absolute atomic E-state index is 9.75. The standard InChI is InChI=1S/4C16H12N6.4BF4.2Fe/c4*1-4-13(12-17-5-1)14-10-15(21-8-2-6-18-21)20-16(11-14)22-9-3-7-19-22;4*2-1(3,4)5;;/h4*1-12H;;;;;;/q;;;;4*-1;2*+2. The summed E-state index contributed by atoms with van der Waals surface area (Å²) in [6.07, 6.45) is 43.1. The molecular formula is C64H48B4F16Fe2N24. The third-order valence-corrected chi connectivity index (χ3v) is 13.1. The summed E-state index contributed by atoms with van der Waals surface area (Å²) in [6, 6.07) is 46.5. The van der Waals surface area contributed by atoms with Crippen LogP contribution >= 0.6 is 0 Å². The molecule has 0 N–H and O–H groups in total. The van der Waals surface area contributed by atoms with Gasteiger partial charge >= 0.3 is 63.2 Å². The monoisotopic (exact) mass is 1610 g/mol. The summed E-state index contributed by atoms with van der Waals surface area (Å²) < 4.78 is 170. The Balaban J connectivity index is 0.000000187. The summed E-state index contributed by atoms with van der Waals surface area (Å²) in [5.74, 6) is 5.87. The first-order valence-corrected chi connectivity index (χ1v) is 30.8. The zero-order chi connectivity index (χ0) is 77.1. The van der Waals surface area contributed by atoms with Crippen molar-refractivity contribution in [2.45, 2.75) is 0 Å². The minimum absolute atomic E-state index is 0. The minimum atomic E-state index is -6.00. The third-order valence-electron chi connectivity index (χ3n) is 13.1. The molecule has 0 fully saturated rings. The van der Waals surface area contributed by atoms with Crippen molar-refractivity contribution >= 4 is 29.0 Å². The van der Waals surface area contributed by atoms with Gasteiger partial charge in [-0.25, -0.2) is 57.4 Å². The van der Waals surface area contributed by atoms with Gasteiger partial charge in [0.1, 0.15) is 0 Å². The van der Waals surface area contributed by atoms with Crippen LogP contribution in [0.3, 0.4) is 0 Å². The largest absolute Gasteiger partial charge is 2.00 e. The van der Waals surface area contributed by atoms with Crippen LogP contribution in [0.1, 0.15) is 0 Å². The van der Waals surface area contributed by atoms with E-state index in [0.29, 0.717) is 0 Å². The van der Waals surface area contributed by atoms with E-state index in [1.165, 1.54) is 0 Å².